The highest BCUT2D eigenvalue weighted by Gasteiger charge is 2.27. The van der Waals surface area contributed by atoms with Crippen LogP contribution in [0.3, 0.4) is 0 Å². The molecular weight excluding hydrogens is 312 g/mol. The Morgan fingerprint density at radius 2 is 1.84 bits per heavy atom. The lowest BCUT2D eigenvalue weighted by Gasteiger charge is -2.33. The van der Waals surface area contributed by atoms with Crippen LogP contribution in [0.25, 0.3) is 0 Å². The molecule has 25 heavy (non-hydrogen) atoms. The van der Waals surface area contributed by atoms with Crippen LogP contribution in [0.15, 0.2) is 48.5 Å². The Labute approximate surface area is 148 Å². The number of para-hydroxylation sites is 1. The number of amides is 1. The van der Waals surface area contributed by atoms with Gasteiger partial charge in [0.2, 0.25) is 0 Å². The molecule has 0 atom stereocenters. The number of hydrogen-bond donors (Lipinski definition) is 1. The maximum Gasteiger partial charge on any atom is 0.254 e. The van der Waals surface area contributed by atoms with Gasteiger partial charge in [-0.25, -0.2) is 0 Å². The number of carbonyl (C=O) groups excluding carboxylic acids is 1. The van der Waals surface area contributed by atoms with E-state index in [4.69, 9.17) is 4.74 Å². The van der Waals surface area contributed by atoms with Crippen LogP contribution in [0.1, 0.15) is 35.2 Å². The second-order valence-corrected chi connectivity index (χ2v) is 6.78. The lowest BCUT2D eigenvalue weighted by Crippen LogP contribution is -2.42. The summed E-state index contributed by atoms with van der Waals surface area (Å²) in [7, 11) is 0. The minimum absolute atomic E-state index is 0.165. The van der Waals surface area contributed by atoms with Gasteiger partial charge in [0, 0.05) is 43.7 Å². The Hall–Kier alpha value is -2.49. The zero-order chi connectivity index (χ0) is 17.1. The highest BCUT2D eigenvalue weighted by Crippen LogP contribution is 2.27. The number of likely N-dealkylation sites (tertiary alicyclic amines) is 1. The molecule has 0 bridgehead atoms. The standard InChI is InChI=1S/C21H24N2O2/c24-21(19-8-4-10-20-18(19)9-5-13-22-20)23-14-11-17(12-15-23)25-16-6-2-1-3-7-16/h1-4,6-8,10,17,22H,5,9,11-15H2. The zero-order valence-electron chi connectivity index (χ0n) is 14.4. The number of hydrogen-bond acceptors (Lipinski definition) is 3. The summed E-state index contributed by atoms with van der Waals surface area (Å²) in [5.74, 6) is 1.08. The van der Waals surface area contributed by atoms with Gasteiger partial charge in [0.05, 0.1) is 0 Å². The summed E-state index contributed by atoms with van der Waals surface area (Å²) >= 11 is 0. The lowest BCUT2D eigenvalue weighted by atomic mass is 9.96. The fraction of sp³-hybridized carbons (Fsp3) is 0.381. The van der Waals surface area contributed by atoms with Crippen LogP contribution >= 0.6 is 0 Å². The molecule has 0 aliphatic carbocycles. The molecule has 0 unspecified atom stereocenters. The molecular formula is C21H24N2O2. The first kappa shape index (κ1) is 16.0. The number of rotatable bonds is 3. The molecule has 2 aliphatic heterocycles. The SMILES string of the molecule is O=C(c1cccc2c1CCCN2)N1CCC(Oc2ccccc2)CC1. The fourth-order valence-electron chi connectivity index (χ4n) is 3.75. The van der Waals surface area contributed by atoms with E-state index in [1.54, 1.807) is 0 Å². The first-order chi connectivity index (χ1) is 12.3. The van der Waals surface area contributed by atoms with E-state index in [0.29, 0.717) is 0 Å². The van der Waals surface area contributed by atoms with Crippen LogP contribution in [0.5, 0.6) is 5.75 Å². The first-order valence-corrected chi connectivity index (χ1v) is 9.18. The van der Waals surface area contributed by atoms with Crippen LogP contribution in [-0.2, 0) is 6.42 Å². The van der Waals surface area contributed by atoms with Gasteiger partial charge in [-0.05, 0) is 42.7 Å². The van der Waals surface area contributed by atoms with Crippen LogP contribution in [-0.4, -0.2) is 36.5 Å². The Balaban J connectivity index is 1.40. The number of nitrogens with zero attached hydrogens (tertiary/aromatic N) is 1. The Morgan fingerprint density at radius 3 is 2.64 bits per heavy atom. The minimum atomic E-state index is 0.165. The van der Waals surface area contributed by atoms with Crippen molar-refractivity contribution in [3.8, 4) is 5.75 Å². The molecule has 2 aliphatic rings. The van der Waals surface area contributed by atoms with Gasteiger partial charge in [0.15, 0.2) is 0 Å². The van der Waals surface area contributed by atoms with E-state index in [0.717, 1.165) is 62.3 Å². The van der Waals surface area contributed by atoms with Crippen molar-refractivity contribution in [2.75, 3.05) is 25.0 Å². The molecule has 1 amide bonds. The molecule has 4 heteroatoms. The Morgan fingerprint density at radius 1 is 1.04 bits per heavy atom. The van der Waals surface area contributed by atoms with Gasteiger partial charge >= 0.3 is 0 Å². The normalized spacial score (nSPS) is 17.5. The van der Waals surface area contributed by atoms with E-state index in [2.05, 4.69) is 11.4 Å². The molecule has 4 rings (SSSR count). The smallest absolute Gasteiger partial charge is 0.254 e. The third-order valence-electron chi connectivity index (χ3n) is 5.10. The second-order valence-electron chi connectivity index (χ2n) is 6.78. The van der Waals surface area contributed by atoms with Crippen LogP contribution < -0.4 is 10.1 Å². The molecule has 1 fully saturated rings. The van der Waals surface area contributed by atoms with Crippen molar-refractivity contribution in [3.05, 3.63) is 59.7 Å². The van der Waals surface area contributed by atoms with E-state index in [1.165, 1.54) is 5.56 Å². The van der Waals surface area contributed by atoms with Crippen molar-refractivity contribution < 1.29 is 9.53 Å². The molecule has 130 valence electrons. The number of nitrogens with one attached hydrogen (secondary N) is 1. The number of ether oxygens (including phenoxy) is 1. The summed E-state index contributed by atoms with van der Waals surface area (Å²) in [5, 5.41) is 3.40. The van der Waals surface area contributed by atoms with Crippen LogP contribution in [0.2, 0.25) is 0 Å². The maximum absolute atomic E-state index is 13.0. The van der Waals surface area contributed by atoms with Crippen LogP contribution in [0.4, 0.5) is 5.69 Å². The monoisotopic (exact) mass is 336 g/mol. The number of carbonyl (C=O) groups is 1. The molecule has 1 N–H and O–H groups in total. The molecule has 2 aromatic rings. The molecule has 2 heterocycles. The van der Waals surface area contributed by atoms with Crippen molar-refractivity contribution in [1.29, 1.82) is 0 Å². The first-order valence-electron chi connectivity index (χ1n) is 9.18. The number of piperidine rings is 1. The average Bonchev–Trinajstić information content (AvgIpc) is 2.68. The van der Waals surface area contributed by atoms with Crippen molar-refractivity contribution in [2.24, 2.45) is 0 Å². The van der Waals surface area contributed by atoms with Gasteiger partial charge in [0.1, 0.15) is 11.9 Å². The predicted molar refractivity (Wildman–Crippen MR) is 99.2 cm³/mol. The van der Waals surface area contributed by atoms with E-state index in [9.17, 15) is 4.79 Å². The van der Waals surface area contributed by atoms with Crippen molar-refractivity contribution >= 4 is 11.6 Å². The minimum Gasteiger partial charge on any atom is -0.490 e. The van der Waals surface area contributed by atoms with Crippen molar-refractivity contribution in [1.82, 2.24) is 4.90 Å². The van der Waals surface area contributed by atoms with Gasteiger partial charge in [-0.2, -0.15) is 0 Å². The predicted octanol–water partition coefficient (Wildman–Crippen LogP) is 3.73. The van der Waals surface area contributed by atoms with Gasteiger partial charge in [-0.1, -0.05) is 24.3 Å². The zero-order valence-corrected chi connectivity index (χ0v) is 14.4. The van der Waals surface area contributed by atoms with Gasteiger partial charge < -0.3 is 15.0 Å². The maximum atomic E-state index is 13.0. The summed E-state index contributed by atoms with van der Waals surface area (Å²) in [5.41, 5.74) is 3.17. The highest BCUT2D eigenvalue weighted by atomic mass is 16.5. The molecule has 0 saturated carbocycles. The lowest BCUT2D eigenvalue weighted by molar-refractivity contribution is 0.0594. The molecule has 0 radical (unpaired) electrons. The van der Waals surface area contributed by atoms with Gasteiger partial charge in [0.25, 0.3) is 5.91 Å². The van der Waals surface area contributed by atoms with Gasteiger partial charge in [-0.15, -0.1) is 0 Å². The molecule has 4 nitrogen and oxygen atoms in total. The Bertz CT molecular complexity index is 737. The van der Waals surface area contributed by atoms with E-state index < -0.39 is 0 Å². The molecule has 2 aromatic carbocycles. The quantitative estimate of drug-likeness (QED) is 0.928. The number of benzene rings is 2. The van der Waals surface area contributed by atoms with Crippen molar-refractivity contribution in [3.63, 3.8) is 0 Å². The number of fused-ring (bicyclic) bond motifs is 1. The molecule has 0 spiro atoms. The molecule has 1 saturated heterocycles. The van der Waals surface area contributed by atoms with E-state index in [-0.39, 0.29) is 12.0 Å². The van der Waals surface area contributed by atoms with E-state index >= 15 is 0 Å². The summed E-state index contributed by atoms with van der Waals surface area (Å²) in [6.07, 6.45) is 4.03. The summed E-state index contributed by atoms with van der Waals surface area (Å²) in [6, 6.07) is 16.0. The summed E-state index contributed by atoms with van der Waals surface area (Å²) < 4.78 is 6.03. The Kier molecular flexibility index (Phi) is 4.59. The summed E-state index contributed by atoms with van der Waals surface area (Å²) in [4.78, 5) is 15.0. The molecule has 0 aromatic heterocycles. The van der Waals surface area contributed by atoms with Gasteiger partial charge in [-0.3, -0.25) is 4.79 Å². The third kappa shape index (κ3) is 3.48. The third-order valence-corrected chi connectivity index (χ3v) is 5.10. The van der Waals surface area contributed by atoms with E-state index in [1.807, 2.05) is 47.4 Å². The largest absolute Gasteiger partial charge is 0.490 e. The average molecular weight is 336 g/mol. The summed E-state index contributed by atoms with van der Waals surface area (Å²) in [6.45, 7) is 2.51. The number of anilines is 1. The topological polar surface area (TPSA) is 41.6 Å². The fourth-order valence-corrected chi connectivity index (χ4v) is 3.75. The van der Waals surface area contributed by atoms with Crippen molar-refractivity contribution in [2.45, 2.75) is 31.8 Å². The van der Waals surface area contributed by atoms with Crippen LogP contribution in [0, 0.1) is 0 Å². The highest BCUT2D eigenvalue weighted by molar-refractivity contribution is 5.97. The second kappa shape index (κ2) is 7.18.